The zero-order valence-electron chi connectivity index (χ0n) is 17.2. The average molecular weight is 493 g/mol. The maximum atomic E-state index is 12.3. The largest absolute Gasteiger partial charge is 0.484 e. The first-order valence-corrected chi connectivity index (χ1v) is 10.4. The fourth-order valence-corrected chi connectivity index (χ4v) is 3.26. The molecule has 166 valence electrons. The van der Waals surface area contributed by atoms with Gasteiger partial charge in [0.1, 0.15) is 5.75 Å². The molecule has 0 saturated carbocycles. The SMILES string of the molecule is Cc1cccc(CN2CCN(C(=O)COc3ccc(Br)cc3)CC2)c1.O=C(O)C(=O)O. The molecule has 0 spiro atoms. The van der Waals surface area contributed by atoms with E-state index in [1.165, 1.54) is 11.1 Å². The first-order valence-electron chi connectivity index (χ1n) is 9.65. The number of carbonyl (C=O) groups is 3. The zero-order chi connectivity index (χ0) is 22.8. The fraction of sp³-hybridized carbons (Fsp3) is 0.318. The molecule has 1 heterocycles. The van der Waals surface area contributed by atoms with Gasteiger partial charge in [-0.3, -0.25) is 9.69 Å². The van der Waals surface area contributed by atoms with Gasteiger partial charge in [0.2, 0.25) is 0 Å². The van der Waals surface area contributed by atoms with E-state index in [0.717, 1.165) is 42.9 Å². The number of aliphatic carboxylic acids is 2. The summed E-state index contributed by atoms with van der Waals surface area (Å²) in [5, 5.41) is 14.8. The summed E-state index contributed by atoms with van der Waals surface area (Å²) in [7, 11) is 0. The van der Waals surface area contributed by atoms with Crippen LogP contribution in [0.2, 0.25) is 0 Å². The zero-order valence-corrected chi connectivity index (χ0v) is 18.7. The molecule has 0 aliphatic carbocycles. The van der Waals surface area contributed by atoms with Gasteiger partial charge in [-0.15, -0.1) is 0 Å². The molecule has 2 N–H and O–H groups in total. The molecule has 0 bridgehead atoms. The molecule has 1 aliphatic rings. The number of aryl methyl sites for hydroxylation is 1. The standard InChI is InChI=1S/C20H23BrN2O2.C2H2O4/c1-16-3-2-4-17(13-16)14-22-9-11-23(12-10-22)20(24)15-25-19-7-5-18(21)6-8-19;3-1(4)2(5)6/h2-8,13H,9-12,14-15H2,1H3;(H,3,4)(H,5,6). The molecule has 1 amide bonds. The normalized spacial score (nSPS) is 13.7. The van der Waals surface area contributed by atoms with Gasteiger partial charge in [0.05, 0.1) is 0 Å². The van der Waals surface area contributed by atoms with E-state index < -0.39 is 11.9 Å². The van der Waals surface area contributed by atoms with E-state index >= 15 is 0 Å². The van der Waals surface area contributed by atoms with E-state index in [0.29, 0.717) is 0 Å². The number of nitrogens with zero attached hydrogens (tertiary/aromatic N) is 2. The summed E-state index contributed by atoms with van der Waals surface area (Å²) in [5.74, 6) is -2.88. The van der Waals surface area contributed by atoms with Gasteiger partial charge in [-0.25, -0.2) is 9.59 Å². The Balaban J connectivity index is 0.000000501. The van der Waals surface area contributed by atoms with Gasteiger partial charge in [-0.2, -0.15) is 0 Å². The number of piperazine rings is 1. The Bertz CT molecular complexity index is 883. The first-order chi connectivity index (χ1) is 14.7. The smallest absolute Gasteiger partial charge is 0.414 e. The van der Waals surface area contributed by atoms with Crippen molar-refractivity contribution in [2.24, 2.45) is 0 Å². The Morgan fingerprint density at radius 1 is 0.968 bits per heavy atom. The maximum absolute atomic E-state index is 12.3. The van der Waals surface area contributed by atoms with Crippen LogP contribution in [0.15, 0.2) is 53.0 Å². The van der Waals surface area contributed by atoms with Gasteiger partial charge in [-0.1, -0.05) is 45.8 Å². The number of hydrogen-bond acceptors (Lipinski definition) is 5. The van der Waals surface area contributed by atoms with Crippen LogP contribution in [0.1, 0.15) is 11.1 Å². The molecule has 0 unspecified atom stereocenters. The third kappa shape index (κ3) is 8.77. The highest BCUT2D eigenvalue weighted by atomic mass is 79.9. The lowest BCUT2D eigenvalue weighted by molar-refractivity contribution is -0.159. The molecule has 31 heavy (non-hydrogen) atoms. The van der Waals surface area contributed by atoms with E-state index in [9.17, 15) is 4.79 Å². The van der Waals surface area contributed by atoms with Crippen LogP contribution in [0.25, 0.3) is 0 Å². The van der Waals surface area contributed by atoms with Crippen LogP contribution in [-0.2, 0) is 20.9 Å². The predicted molar refractivity (Wildman–Crippen MR) is 118 cm³/mol. The monoisotopic (exact) mass is 492 g/mol. The molecule has 1 saturated heterocycles. The van der Waals surface area contributed by atoms with E-state index in [4.69, 9.17) is 24.5 Å². The topological polar surface area (TPSA) is 107 Å². The highest BCUT2D eigenvalue weighted by Crippen LogP contribution is 2.16. The van der Waals surface area contributed by atoms with Crippen LogP contribution in [0, 0.1) is 6.92 Å². The van der Waals surface area contributed by atoms with Crippen molar-refractivity contribution in [3.05, 3.63) is 64.1 Å². The van der Waals surface area contributed by atoms with Gasteiger partial charge >= 0.3 is 11.9 Å². The number of halogens is 1. The van der Waals surface area contributed by atoms with Crippen LogP contribution in [0.4, 0.5) is 0 Å². The Kier molecular flexibility index (Phi) is 9.48. The first kappa shape index (κ1) is 24.4. The quantitative estimate of drug-likeness (QED) is 0.617. The average Bonchev–Trinajstić information content (AvgIpc) is 2.74. The van der Waals surface area contributed by atoms with Crippen LogP contribution < -0.4 is 4.74 Å². The summed E-state index contributed by atoms with van der Waals surface area (Å²) >= 11 is 3.39. The van der Waals surface area contributed by atoms with E-state index in [2.05, 4.69) is 52.0 Å². The molecule has 2 aromatic rings. The Morgan fingerprint density at radius 2 is 1.58 bits per heavy atom. The maximum Gasteiger partial charge on any atom is 0.414 e. The van der Waals surface area contributed by atoms with Crippen molar-refractivity contribution in [1.82, 2.24) is 9.80 Å². The number of carboxylic acid groups (broad SMARTS) is 2. The van der Waals surface area contributed by atoms with E-state index in [1.54, 1.807) is 0 Å². The minimum absolute atomic E-state index is 0.0538. The summed E-state index contributed by atoms with van der Waals surface area (Å²) < 4.78 is 6.58. The number of ether oxygens (including phenoxy) is 1. The predicted octanol–water partition coefficient (Wildman–Crippen LogP) is 2.64. The second kappa shape index (κ2) is 12.1. The molecule has 0 radical (unpaired) electrons. The number of hydrogen-bond donors (Lipinski definition) is 2. The molecule has 3 rings (SSSR count). The van der Waals surface area contributed by atoms with Crippen LogP contribution in [-0.4, -0.2) is 70.6 Å². The van der Waals surface area contributed by atoms with Crippen molar-refractivity contribution in [3.63, 3.8) is 0 Å². The number of carbonyl (C=O) groups excluding carboxylic acids is 1. The highest BCUT2D eigenvalue weighted by Gasteiger charge is 2.21. The van der Waals surface area contributed by atoms with Gasteiger partial charge < -0.3 is 19.8 Å². The minimum Gasteiger partial charge on any atom is -0.484 e. The Labute approximate surface area is 189 Å². The summed E-state index contributed by atoms with van der Waals surface area (Å²) in [6.45, 7) is 6.47. The van der Waals surface area contributed by atoms with Gasteiger partial charge in [0.25, 0.3) is 5.91 Å². The lowest BCUT2D eigenvalue weighted by Crippen LogP contribution is -2.49. The molecule has 1 aliphatic heterocycles. The van der Waals surface area contributed by atoms with Crippen molar-refractivity contribution in [1.29, 1.82) is 0 Å². The lowest BCUT2D eigenvalue weighted by atomic mass is 10.1. The number of rotatable bonds is 5. The third-order valence-corrected chi connectivity index (χ3v) is 5.10. The highest BCUT2D eigenvalue weighted by molar-refractivity contribution is 9.10. The molecule has 9 heteroatoms. The molecule has 2 aromatic carbocycles. The van der Waals surface area contributed by atoms with Crippen LogP contribution in [0.5, 0.6) is 5.75 Å². The number of benzene rings is 2. The second-order valence-corrected chi connectivity index (χ2v) is 7.91. The van der Waals surface area contributed by atoms with E-state index in [-0.39, 0.29) is 12.5 Å². The van der Waals surface area contributed by atoms with Gasteiger partial charge in [-0.05, 0) is 36.8 Å². The van der Waals surface area contributed by atoms with Crippen LogP contribution >= 0.6 is 15.9 Å². The molecular formula is C22H25BrN2O6. The van der Waals surface area contributed by atoms with E-state index in [1.807, 2.05) is 29.2 Å². The molecule has 0 atom stereocenters. The van der Waals surface area contributed by atoms with Crippen molar-refractivity contribution in [2.75, 3.05) is 32.8 Å². The fourth-order valence-electron chi connectivity index (χ4n) is 2.99. The lowest BCUT2D eigenvalue weighted by Gasteiger charge is -2.34. The Morgan fingerprint density at radius 3 is 2.13 bits per heavy atom. The van der Waals surface area contributed by atoms with Gasteiger partial charge in [0.15, 0.2) is 6.61 Å². The summed E-state index contributed by atoms with van der Waals surface area (Å²) in [5.41, 5.74) is 2.62. The van der Waals surface area contributed by atoms with Gasteiger partial charge in [0, 0.05) is 37.2 Å². The third-order valence-electron chi connectivity index (χ3n) is 4.57. The molecular weight excluding hydrogens is 468 g/mol. The molecule has 0 aromatic heterocycles. The van der Waals surface area contributed by atoms with Crippen molar-refractivity contribution in [2.45, 2.75) is 13.5 Å². The van der Waals surface area contributed by atoms with Crippen LogP contribution in [0.3, 0.4) is 0 Å². The molecule has 1 fully saturated rings. The molecule has 8 nitrogen and oxygen atoms in total. The number of carboxylic acids is 2. The summed E-state index contributed by atoms with van der Waals surface area (Å²) in [4.78, 5) is 34.8. The van der Waals surface area contributed by atoms with Crippen molar-refractivity contribution >= 4 is 33.8 Å². The minimum atomic E-state index is -1.82. The number of amides is 1. The van der Waals surface area contributed by atoms with Crippen molar-refractivity contribution in [3.8, 4) is 5.75 Å². The van der Waals surface area contributed by atoms with Crippen molar-refractivity contribution < 1.29 is 29.3 Å². The second-order valence-electron chi connectivity index (χ2n) is 7.00. The Hall–Kier alpha value is -2.91. The summed E-state index contributed by atoms with van der Waals surface area (Å²) in [6.07, 6.45) is 0. The summed E-state index contributed by atoms with van der Waals surface area (Å²) in [6, 6.07) is 16.1.